The zero-order chi connectivity index (χ0) is 11.7. The number of nitrogens with one attached hydrogen (secondary N) is 1. The quantitative estimate of drug-likeness (QED) is 0.296. The van der Waals surface area contributed by atoms with E-state index in [2.05, 4.69) is 11.9 Å². The molecule has 0 aromatic heterocycles. The lowest BCUT2D eigenvalue weighted by Gasteiger charge is -2.04. The molecule has 0 fully saturated rings. The van der Waals surface area contributed by atoms with Crippen molar-refractivity contribution < 1.29 is 22.8 Å². The summed E-state index contributed by atoms with van der Waals surface area (Å²) >= 11 is 0. The standard InChI is InChI=1S/C8H17NO5S/c1-8(10)7-14-5-2-3-9-4-6-15(11,12)13/h9-10H,1-7H2,(H,11,12,13). The minimum Gasteiger partial charge on any atom is -0.510 e. The van der Waals surface area contributed by atoms with Gasteiger partial charge >= 0.3 is 0 Å². The van der Waals surface area contributed by atoms with E-state index in [0.717, 1.165) is 0 Å². The van der Waals surface area contributed by atoms with Crippen LogP contribution in [0, 0.1) is 0 Å². The molecule has 0 heterocycles. The average Bonchev–Trinajstić information content (AvgIpc) is 2.07. The van der Waals surface area contributed by atoms with Crippen LogP contribution in [0.15, 0.2) is 12.3 Å². The summed E-state index contributed by atoms with van der Waals surface area (Å²) in [6, 6.07) is 0. The van der Waals surface area contributed by atoms with Crippen molar-refractivity contribution in [2.45, 2.75) is 6.42 Å². The van der Waals surface area contributed by atoms with Crippen LogP contribution >= 0.6 is 0 Å². The van der Waals surface area contributed by atoms with Gasteiger partial charge in [-0.25, -0.2) is 0 Å². The molecule has 6 nitrogen and oxygen atoms in total. The number of hydrogen-bond donors (Lipinski definition) is 3. The Hall–Kier alpha value is -0.630. The third-order valence-electron chi connectivity index (χ3n) is 1.45. The van der Waals surface area contributed by atoms with Crippen LogP contribution in [0.4, 0.5) is 0 Å². The first kappa shape index (κ1) is 14.4. The predicted molar refractivity (Wildman–Crippen MR) is 56.5 cm³/mol. The van der Waals surface area contributed by atoms with E-state index in [-0.39, 0.29) is 24.7 Å². The van der Waals surface area contributed by atoms with Gasteiger partial charge in [0, 0.05) is 13.2 Å². The Morgan fingerprint density at radius 1 is 1.40 bits per heavy atom. The van der Waals surface area contributed by atoms with Gasteiger partial charge < -0.3 is 15.2 Å². The number of ether oxygens (including phenoxy) is 1. The first-order chi connectivity index (χ1) is 6.92. The minimum absolute atomic E-state index is 0.0191. The van der Waals surface area contributed by atoms with Crippen LogP contribution in [0.5, 0.6) is 0 Å². The molecule has 7 heteroatoms. The van der Waals surface area contributed by atoms with Crippen LogP contribution in [0.25, 0.3) is 0 Å². The largest absolute Gasteiger partial charge is 0.510 e. The highest BCUT2D eigenvalue weighted by atomic mass is 32.2. The van der Waals surface area contributed by atoms with Crippen LogP contribution in [0.2, 0.25) is 0 Å². The van der Waals surface area contributed by atoms with Gasteiger partial charge in [-0.05, 0) is 13.0 Å². The molecule has 15 heavy (non-hydrogen) atoms. The van der Waals surface area contributed by atoms with Crippen molar-refractivity contribution in [2.75, 3.05) is 32.1 Å². The van der Waals surface area contributed by atoms with Crippen molar-refractivity contribution in [3.05, 3.63) is 12.3 Å². The molecule has 0 aromatic rings. The Kier molecular flexibility index (Phi) is 7.31. The highest BCUT2D eigenvalue weighted by Gasteiger charge is 2.02. The molecule has 0 aliphatic rings. The van der Waals surface area contributed by atoms with E-state index in [0.29, 0.717) is 19.6 Å². The van der Waals surface area contributed by atoms with Crippen LogP contribution in [-0.2, 0) is 14.9 Å². The molecule has 0 rings (SSSR count). The fraction of sp³-hybridized carbons (Fsp3) is 0.750. The summed E-state index contributed by atoms with van der Waals surface area (Å²) in [5.41, 5.74) is 0. The van der Waals surface area contributed by atoms with E-state index in [1.807, 2.05) is 0 Å². The summed E-state index contributed by atoms with van der Waals surface area (Å²) < 4.78 is 34.0. The molecule has 90 valence electrons. The molecule has 0 bridgehead atoms. The van der Waals surface area contributed by atoms with Gasteiger partial charge in [0.1, 0.15) is 12.4 Å². The van der Waals surface area contributed by atoms with Crippen molar-refractivity contribution in [3.8, 4) is 0 Å². The van der Waals surface area contributed by atoms with Crippen LogP contribution < -0.4 is 5.32 Å². The molecule has 0 aromatic carbocycles. The molecule has 0 saturated carbocycles. The van der Waals surface area contributed by atoms with Gasteiger partial charge in [-0.15, -0.1) is 0 Å². The van der Waals surface area contributed by atoms with Crippen LogP contribution in [-0.4, -0.2) is 50.1 Å². The van der Waals surface area contributed by atoms with Gasteiger partial charge in [-0.1, -0.05) is 6.58 Å². The smallest absolute Gasteiger partial charge is 0.266 e. The molecule has 0 amide bonds. The second-order valence-electron chi connectivity index (χ2n) is 3.01. The highest BCUT2D eigenvalue weighted by molar-refractivity contribution is 7.85. The van der Waals surface area contributed by atoms with Crippen molar-refractivity contribution in [1.29, 1.82) is 0 Å². The zero-order valence-corrected chi connectivity index (χ0v) is 9.29. The molecule has 0 radical (unpaired) electrons. The summed E-state index contributed by atoms with van der Waals surface area (Å²) in [7, 11) is -3.87. The first-order valence-corrected chi connectivity index (χ1v) is 6.13. The molecule has 0 spiro atoms. The number of hydrogen-bond acceptors (Lipinski definition) is 5. The Balaban J connectivity index is 3.16. The average molecular weight is 239 g/mol. The summed E-state index contributed by atoms with van der Waals surface area (Å²) in [4.78, 5) is 0. The van der Waals surface area contributed by atoms with E-state index in [1.165, 1.54) is 0 Å². The third-order valence-corrected chi connectivity index (χ3v) is 2.17. The summed E-state index contributed by atoms with van der Waals surface area (Å²) in [6.45, 7) is 4.63. The summed E-state index contributed by atoms with van der Waals surface area (Å²) in [5, 5.41) is 11.5. The lowest BCUT2D eigenvalue weighted by atomic mass is 10.4. The maximum absolute atomic E-state index is 10.3. The molecule has 0 aliphatic carbocycles. The van der Waals surface area contributed by atoms with Gasteiger partial charge in [-0.3, -0.25) is 4.55 Å². The van der Waals surface area contributed by atoms with E-state index in [9.17, 15) is 8.42 Å². The van der Waals surface area contributed by atoms with Crippen molar-refractivity contribution in [3.63, 3.8) is 0 Å². The minimum atomic E-state index is -3.87. The van der Waals surface area contributed by atoms with Gasteiger partial charge in [-0.2, -0.15) is 8.42 Å². The molecular weight excluding hydrogens is 222 g/mol. The van der Waals surface area contributed by atoms with Gasteiger partial charge in [0.2, 0.25) is 0 Å². The van der Waals surface area contributed by atoms with Gasteiger partial charge in [0.05, 0.1) is 5.75 Å². The maximum Gasteiger partial charge on any atom is 0.266 e. The molecule has 3 N–H and O–H groups in total. The number of aliphatic hydroxyl groups is 1. The second-order valence-corrected chi connectivity index (χ2v) is 4.58. The second kappa shape index (κ2) is 7.63. The topological polar surface area (TPSA) is 95.9 Å². The SMILES string of the molecule is C=C(O)COCCCNCCS(=O)(=O)O. The Labute approximate surface area is 89.7 Å². The summed E-state index contributed by atoms with van der Waals surface area (Å²) in [5.74, 6) is -0.310. The molecule has 0 aliphatic heterocycles. The number of rotatable bonds is 9. The van der Waals surface area contributed by atoms with E-state index >= 15 is 0 Å². The molecule has 0 atom stereocenters. The third kappa shape index (κ3) is 13.4. The molecular formula is C8H17NO5S. The van der Waals surface area contributed by atoms with E-state index in [1.54, 1.807) is 0 Å². The highest BCUT2D eigenvalue weighted by Crippen LogP contribution is 1.87. The maximum atomic E-state index is 10.3. The van der Waals surface area contributed by atoms with E-state index < -0.39 is 10.1 Å². The fourth-order valence-corrected chi connectivity index (χ4v) is 1.22. The molecule has 0 saturated heterocycles. The Bertz CT molecular complexity index is 275. The van der Waals surface area contributed by atoms with E-state index in [4.69, 9.17) is 14.4 Å². The van der Waals surface area contributed by atoms with Crippen LogP contribution in [0.3, 0.4) is 0 Å². The van der Waals surface area contributed by atoms with Gasteiger partial charge in [0.25, 0.3) is 10.1 Å². The van der Waals surface area contributed by atoms with Crippen molar-refractivity contribution >= 4 is 10.1 Å². The Morgan fingerprint density at radius 2 is 2.07 bits per heavy atom. The number of aliphatic hydroxyl groups excluding tert-OH is 1. The lowest BCUT2D eigenvalue weighted by molar-refractivity contribution is 0.126. The van der Waals surface area contributed by atoms with Gasteiger partial charge in [0.15, 0.2) is 0 Å². The lowest BCUT2D eigenvalue weighted by Crippen LogP contribution is -2.24. The van der Waals surface area contributed by atoms with Crippen molar-refractivity contribution in [2.24, 2.45) is 0 Å². The fourth-order valence-electron chi connectivity index (χ4n) is 0.815. The normalized spacial score (nSPS) is 11.5. The monoisotopic (exact) mass is 239 g/mol. The van der Waals surface area contributed by atoms with Crippen molar-refractivity contribution in [1.82, 2.24) is 5.32 Å². The predicted octanol–water partition coefficient (Wildman–Crippen LogP) is -0.0578. The zero-order valence-electron chi connectivity index (χ0n) is 8.48. The Morgan fingerprint density at radius 3 is 2.60 bits per heavy atom. The summed E-state index contributed by atoms with van der Waals surface area (Å²) in [6.07, 6.45) is 0.693. The first-order valence-electron chi connectivity index (χ1n) is 4.52. The van der Waals surface area contributed by atoms with Crippen LogP contribution in [0.1, 0.15) is 6.42 Å². The molecule has 0 unspecified atom stereocenters.